The molecular weight excluding hydrogens is 414 g/mol. The van der Waals surface area contributed by atoms with Crippen molar-refractivity contribution in [2.75, 3.05) is 13.7 Å². The number of benzene rings is 1. The van der Waals surface area contributed by atoms with Crippen LogP contribution in [0.3, 0.4) is 0 Å². The molecule has 4 rings (SSSR count). The van der Waals surface area contributed by atoms with Crippen LogP contribution in [0.5, 0.6) is 5.75 Å². The fraction of sp³-hybridized carbons (Fsp3) is 0.435. The second-order valence-electron chi connectivity index (χ2n) is 8.48. The van der Waals surface area contributed by atoms with Crippen LogP contribution in [0.4, 0.5) is 0 Å². The van der Waals surface area contributed by atoms with Crippen molar-refractivity contribution in [1.29, 1.82) is 0 Å². The Labute approximate surface area is 186 Å². The highest BCUT2D eigenvalue weighted by atomic mass is 32.1. The van der Waals surface area contributed by atoms with Crippen LogP contribution in [0.2, 0.25) is 0 Å². The van der Waals surface area contributed by atoms with Crippen molar-refractivity contribution in [1.82, 2.24) is 14.8 Å². The predicted molar refractivity (Wildman–Crippen MR) is 119 cm³/mol. The van der Waals surface area contributed by atoms with Crippen molar-refractivity contribution in [3.8, 4) is 27.6 Å². The molecule has 1 aliphatic heterocycles. The normalized spacial score (nSPS) is 14.6. The summed E-state index contributed by atoms with van der Waals surface area (Å²) in [5.74, 6) is 0.442. The molecule has 31 heavy (non-hydrogen) atoms. The van der Waals surface area contributed by atoms with Crippen LogP contribution in [0, 0.1) is 0 Å². The van der Waals surface area contributed by atoms with Gasteiger partial charge in [-0.3, -0.25) is 4.68 Å². The molecule has 0 bridgehead atoms. The molecular formula is C23H27N3O4S. The van der Waals surface area contributed by atoms with E-state index in [1.807, 2.05) is 45.3 Å². The monoisotopic (exact) mass is 441 g/mol. The van der Waals surface area contributed by atoms with Crippen molar-refractivity contribution in [3.05, 3.63) is 41.0 Å². The van der Waals surface area contributed by atoms with Crippen molar-refractivity contribution >= 4 is 17.3 Å². The Morgan fingerprint density at radius 3 is 2.81 bits per heavy atom. The molecule has 0 saturated carbocycles. The first-order chi connectivity index (χ1) is 14.8. The highest BCUT2D eigenvalue weighted by Crippen LogP contribution is 2.42. The average molecular weight is 442 g/mol. The van der Waals surface area contributed by atoms with E-state index in [-0.39, 0.29) is 0 Å². The number of hydrogen-bond acceptors (Lipinski definition) is 7. The van der Waals surface area contributed by atoms with Gasteiger partial charge in [-0.05, 0) is 56.9 Å². The van der Waals surface area contributed by atoms with Crippen LogP contribution in [-0.4, -0.2) is 40.1 Å². The summed E-state index contributed by atoms with van der Waals surface area (Å²) < 4.78 is 18.8. The Morgan fingerprint density at radius 1 is 1.32 bits per heavy atom. The maximum absolute atomic E-state index is 12.8. The van der Waals surface area contributed by atoms with Gasteiger partial charge in [0.2, 0.25) is 0 Å². The largest absolute Gasteiger partial charge is 0.493 e. The van der Waals surface area contributed by atoms with Gasteiger partial charge in [0.1, 0.15) is 16.5 Å². The van der Waals surface area contributed by atoms with Crippen LogP contribution in [0.15, 0.2) is 29.8 Å². The number of fused-ring (bicyclic) bond motifs is 1. The summed E-state index contributed by atoms with van der Waals surface area (Å²) in [4.78, 5) is 17.3. The molecule has 0 fully saturated rings. The molecule has 7 nitrogen and oxygen atoms in total. The Morgan fingerprint density at radius 2 is 2.13 bits per heavy atom. The number of aryl methyl sites for hydroxylation is 2. The van der Waals surface area contributed by atoms with Gasteiger partial charge in [0.05, 0.1) is 25.0 Å². The third kappa shape index (κ3) is 4.36. The van der Waals surface area contributed by atoms with Gasteiger partial charge in [-0.15, -0.1) is 11.3 Å². The number of nitrogens with zero attached hydrogens (tertiary/aromatic N) is 3. The Balaban J connectivity index is 1.94. The minimum atomic E-state index is -0.932. The quantitative estimate of drug-likeness (QED) is 0.540. The fourth-order valence-electron chi connectivity index (χ4n) is 3.80. The van der Waals surface area contributed by atoms with Gasteiger partial charge in [0.15, 0.2) is 6.10 Å². The number of carbonyl (C=O) groups excluding carboxylic acids is 1. The molecule has 0 radical (unpaired) electrons. The van der Waals surface area contributed by atoms with E-state index in [2.05, 4.69) is 11.1 Å². The van der Waals surface area contributed by atoms with E-state index in [0.717, 1.165) is 52.6 Å². The lowest BCUT2D eigenvalue weighted by atomic mass is 9.95. The zero-order chi connectivity index (χ0) is 22.2. The summed E-state index contributed by atoms with van der Waals surface area (Å²) >= 11 is 1.51. The summed E-state index contributed by atoms with van der Waals surface area (Å²) in [5, 5.41) is 7.45. The maximum Gasteiger partial charge on any atom is 0.341 e. The van der Waals surface area contributed by atoms with Gasteiger partial charge in [-0.25, -0.2) is 9.78 Å². The van der Waals surface area contributed by atoms with Crippen LogP contribution in [-0.2, 0) is 27.7 Å². The minimum absolute atomic E-state index is 0.467. The van der Waals surface area contributed by atoms with E-state index < -0.39 is 17.7 Å². The fourth-order valence-corrected chi connectivity index (χ4v) is 4.43. The second kappa shape index (κ2) is 8.43. The third-order valence-corrected chi connectivity index (χ3v) is 5.84. The molecule has 8 heteroatoms. The first-order valence-corrected chi connectivity index (χ1v) is 11.1. The zero-order valence-electron chi connectivity index (χ0n) is 18.5. The Hall–Kier alpha value is -2.71. The summed E-state index contributed by atoms with van der Waals surface area (Å²) in [6.07, 6.45) is 2.75. The molecule has 0 N–H and O–H groups in total. The number of thiazole rings is 1. The average Bonchev–Trinajstić information content (AvgIpc) is 3.38. The Bertz CT molecular complexity index is 1080. The van der Waals surface area contributed by atoms with Crippen LogP contribution < -0.4 is 4.74 Å². The third-order valence-electron chi connectivity index (χ3n) is 5.06. The maximum atomic E-state index is 12.8. The molecule has 3 aromatic rings. The second-order valence-corrected chi connectivity index (χ2v) is 9.37. The molecule has 0 aliphatic carbocycles. The van der Waals surface area contributed by atoms with E-state index >= 15 is 0 Å². The van der Waals surface area contributed by atoms with Gasteiger partial charge in [0.25, 0.3) is 0 Å². The van der Waals surface area contributed by atoms with Gasteiger partial charge < -0.3 is 14.2 Å². The number of carbonyl (C=O) groups is 1. The van der Waals surface area contributed by atoms with E-state index in [1.165, 1.54) is 18.4 Å². The number of esters is 1. The van der Waals surface area contributed by atoms with Crippen LogP contribution in [0.1, 0.15) is 44.6 Å². The molecule has 1 aromatic carbocycles. The highest BCUT2D eigenvalue weighted by Gasteiger charge is 2.35. The molecule has 0 saturated heterocycles. The summed E-state index contributed by atoms with van der Waals surface area (Å²) in [5.41, 5.74) is 3.72. The van der Waals surface area contributed by atoms with Gasteiger partial charge in [-0.1, -0.05) is 6.07 Å². The SMILES string of the molecule is COC(=O)C(OC(C)(C)C)c1c(-c2ccc3c(c2)CCCO3)c(-c2nccs2)nn1C. The molecule has 2 aromatic heterocycles. The van der Waals surface area contributed by atoms with Crippen molar-refractivity contribution in [2.45, 2.75) is 45.3 Å². The number of hydrogen-bond donors (Lipinski definition) is 0. The van der Waals surface area contributed by atoms with Gasteiger partial charge >= 0.3 is 5.97 Å². The first-order valence-electron chi connectivity index (χ1n) is 10.3. The molecule has 1 aliphatic rings. The minimum Gasteiger partial charge on any atom is -0.493 e. The van der Waals surface area contributed by atoms with Crippen molar-refractivity contribution < 1.29 is 19.0 Å². The summed E-state index contributed by atoms with van der Waals surface area (Å²) in [6, 6.07) is 6.12. The van der Waals surface area contributed by atoms with E-state index in [9.17, 15) is 4.79 Å². The number of ether oxygens (including phenoxy) is 3. The zero-order valence-corrected chi connectivity index (χ0v) is 19.3. The summed E-state index contributed by atoms with van der Waals surface area (Å²) in [7, 11) is 3.19. The lowest BCUT2D eigenvalue weighted by Gasteiger charge is -2.27. The first kappa shape index (κ1) is 21.5. The molecule has 1 unspecified atom stereocenters. The highest BCUT2D eigenvalue weighted by molar-refractivity contribution is 7.13. The van der Waals surface area contributed by atoms with E-state index in [1.54, 1.807) is 10.9 Å². The summed E-state index contributed by atoms with van der Waals surface area (Å²) in [6.45, 7) is 6.48. The van der Waals surface area contributed by atoms with Gasteiger partial charge in [-0.2, -0.15) is 5.10 Å². The number of methoxy groups -OCH3 is 1. The topological polar surface area (TPSA) is 75.5 Å². The van der Waals surface area contributed by atoms with Crippen LogP contribution >= 0.6 is 11.3 Å². The predicted octanol–water partition coefficient (Wildman–Crippen LogP) is 4.56. The van der Waals surface area contributed by atoms with Gasteiger partial charge in [0, 0.05) is 24.2 Å². The Kier molecular flexibility index (Phi) is 5.85. The molecule has 3 heterocycles. The smallest absolute Gasteiger partial charge is 0.341 e. The molecule has 0 spiro atoms. The van der Waals surface area contributed by atoms with Crippen molar-refractivity contribution in [3.63, 3.8) is 0 Å². The number of rotatable bonds is 5. The standard InChI is InChI=1S/C23H27N3O4S/c1-23(2,3)30-20(22(27)28-5)19-17(18(25-26(19)4)21-24-10-12-31-21)15-8-9-16-14(13-15)7-6-11-29-16/h8-10,12-13,20H,6-7,11H2,1-5H3. The van der Waals surface area contributed by atoms with Crippen LogP contribution in [0.25, 0.3) is 21.8 Å². The van der Waals surface area contributed by atoms with Crippen molar-refractivity contribution in [2.24, 2.45) is 7.05 Å². The lowest BCUT2D eigenvalue weighted by molar-refractivity contribution is -0.165. The molecule has 1 atom stereocenters. The van der Waals surface area contributed by atoms with E-state index in [4.69, 9.17) is 19.3 Å². The molecule has 164 valence electrons. The lowest BCUT2D eigenvalue weighted by Crippen LogP contribution is -2.29. The number of aromatic nitrogens is 3. The molecule has 0 amide bonds. The van der Waals surface area contributed by atoms with E-state index in [0.29, 0.717) is 5.69 Å².